The summed E-state index contributed by atoms with van der Waals surface area (Å²) in [6.45, 7) is 7.94. The minimum Gasteiger partial charge on any atom is -0.356 e. The molecule has 1 saturated heterocycles. The monoisotopic (exact) mass is 447 g/mol. The summed E-state index contributed by atoms with van der Waals surface area (Å²) >= 11 is 0. The summed E-state index contributed by atoms with van der Waals surface area (Å²) in [5.41, 5.74) is 1.29. The van der Waals surface area contributed by atoms with Gasteiger partial charge in [-0.2, -0.15) is 0 Å². The Balaban J connectivity index is 0.00000288. The quantitative estimate of drug-likeness (QED) is 0.315. The van der Waals surface area contributed by atoms with E-state index in [2.05, 4.69) is 64.0 Å². The van der Waals surface area contributed by atoms with Gasteiger partial charge in [-0.15, -0.1) is 24.0 Å². The lowest BCUT2D eigenvalue weighted by atomic mass is 10.0. The third kappa shape index (κ3) is 6.63. The predicted molar refractivity (Wildman–Crippen MR) is 113 cm³/mol. The summed E-state index contributed by atoms with van der Waals surface area (Å²) in [5.74, 6) is 1.83. The van der Waals surface area contributed by atoms with Crippen LogP contribution in [0.15, 0.2) is 23.3 Å². The molecular weight excluding hydrogens is 413 g/mol. The highest BCUT2D eigenvalue weighted by molar-refractivity contribution is 14.0. The molecule has 1 unspecified atom stereocenters. The van der Waals surface area contributed by atoms with E-state index in [-0.39, 0.29) is 24.0 Å². The smallest absolute Gasteiger partial charge is 0.193 e. The van der Waals surface area contributed by atoms with Crippen LogP contribution in [-0.2, 0) is 13.6 Å². The van der Waals surface area contributed by atoms with Crippen LogP contribution in [0.2, 0.25) is 0 Å². The lowest BCUT2D eigenvalue weighted by molar-refractivity contribution is 0.182. The van der Waals surface area contributed by atoms with Gasteiger partial charge < -0.3 is 19.7 Å². The van der Waals surface area contributed by atoms with E-state index < -0.39 is 0 Å². The number of likely N-dealkylation sites (tertiary alicyclic amines) is 1. The Morgan fingerprint density at radius 3 is 2.88 bits per heavy atom. The van der Waals surface area contributed by atoms with Crippen molar-refractivity contribution in [2.75, 3.05) is 40.3 Å². The second-order valence-corrected chi connectivity index (χ2v) is 6.84. The van der Waals surface area contributed by atoms with Crippen LogP contribution in [0.5, 0.6) is 0 Å². The third-order valence-corrected chi connectivity index (χ3v) is 4.70. The fourth-order valence-corrected chi connectivity index (χ4v) is 3.36. The fourth-order valence-electron chi connectivity index (χ4n) is 3.36. The number of hydrogen-bond acceptors (Lipinski definition) is 2. The zero-order chi connectivity index (χ0) is 16.7. The zero-order valence-electron chi connectivity index (χ0n) is 15.7. The molecule has 6 heteroatoms. The van der Waals surface area contributed by atoms with Gasteiger partial charge >= 0.3 is 0 Å². The molecule has 1 aliphatic rings. The molecule has 0 amide bonds. The minimum atomic E-state index is 0. The number of hydrogen-bond donors (Lipinski definition) is 1. The first-order valence-corrected chi connectivity index (χ1v) is 8.84. The third-order valence-electron chi connectivity index (χ3n) is 4.70. The molecule has 0 bridgehead atoms. The van der Waals surface area contributed by atoms with E-state index in [0.717, 1.165) is 25.0 Å². The number of nitrogens with one attached hydrogen (secondary N) is 1. The number of aromatic nitrogens is 1. The van der Waals surface area contributed by atoms with Crippen molar-refractivity contribution < 1.29 is 0 Å². The average Bonchev–Trinajstić information content (AvgIpc) is 2.92. The second kappa shape index (κ2) is 11.0. The van der Waals surface area contributed by atoms with Crippen LogP contribution in [-0.4, -0.2) is 60.6 Å². The largest absolute Gasteiger partial charge is 0.356 e. The summed E-state index contributed by atoms with van der Waals surface area (Å²) in [6, 6.07) is 4.24. The zero-order valence-corrected chi connectivity index (χ0v) is 18.0. The molecule has 1 fully saturated rings. The van der Waals surface area contributed by atoms with E-state index in [9.17, 15) is 0 Å². The normalized spacial score (nSPS) is 19.0. The van der Waals surface area contributed by atoms with Crippen molar-refractivity contribution in [3.8, 4) is 0 Å². The molecule has 0 saturated carbocycles. The lowest BCUT2D eigenvalue weighted by Gasteiger charge is -2.31. The molecule has 2 rings (SSSR count). The van der Waals surface area contributed by atoms with Crippen LogP contribution in [0.1, 0.15) is 31.9 Å². The molecule has 1 N–H and O–H groups in total. The molecule has 138 valence electrons. The van der Waals surface area contributed by atoms with Crippen LogP contribution in [0.25, 0.3) is 0 Å². The molecule has 24 heavy (non-hydrogen) atoms. The fraction of sp³-hybridized carbons (Fsp3) is 0.722. The number of guanidine groups is 1. The lowest BCUT2D eigenvalue weighted by Crippen LogP contribution is -2.41. The number of halogens is 1. The SMILES string of the molecule is CN=C(NCCCN1CCCC(C)C1)N(C)Cc1cccn1C.I. The summed E-state index contributed by atoms with van der Waals surface area (Å²) < 4.78 is 2.15. The van der Waals surface area contributed by atoms with Crippen molar-refractivity contribution in [2.45, 2.75) is 32.7 Å². The summed E-state index contributed by atoms with van der Waals surface area (Å²) in [6.07, 6.45) is 6.00. The van der Waals surface area contributed by atoms with Gasteiger partial charge in [-0.3, -0.25) is 4.99 Å². The van der Waals surface area contributed by atoms with Crippen molar-refractivity contribution in [2.24, 2.45) is 18.0 Å². The van der Waals surface area contributed by atoms with E-state index in [4.69, 9.17) is 0 Å². The average molecular weight is 447 g/mol. The molecule has 0 spiro atoms. The highest BCUT2D eigenvalue weighted by atomic mass is 127. The second-order valence-electron chi connectivity index (χ2n) is 6.84. The van der Waals surface area contributed by atoms with Gasteiger partial charge in [-0.25, -0.2) is 0 Å². The number of rotatable bonds is 6. The number of nitrogens with zero attached hydrogens (tertiary/aromatic N) is 4. The maximum Gasteiger partial charge on any atom is 0.193 e. The van der Waals surface area contributed by atoms with E-state index >= 15 is 0 Å². The Kier molecular flexibility index (Phi) is 9.73. The van der Waals surface area contributed by atoms with Crippen molar-refractivity contribution in [1.82, 2.24) is 19.7 Å². The molecule has 1 aromatic rings. The van der Waals surface area contributed by atoms with E-state index in [0.29, 0.717) is 0 Å². The molecule has 0 radical (unpaired) electrons. The molecule has 0 aliphatic carbocycles. The highest BCUT2D eigenvalue weighted by Crippen LogP contribution is 2.15. The standard InChI is InChI=1S/C18H33N5.HI/c1-16-8-5-12-23(14-16)13-7-10-20-18(19-2)22(4)15-17-9-6-11-21(17)3;/h6,9,11,16H,5,7-8,10,12-15H2,1-4H3,(H,19,20);1H. The molecule has 5 nitrogen and oxygen atoms in total. The molecule has 0 aromatic carbocycles. The minimum absolute atomic E-state index is 0. The molecule has 1 aliphatic heterocycles. The van der Waals surface area contributed by atoms with Crippen LogP contribution in [0, 0.1) is 5.92 Å². The summed E-state index contributed by atoms with van der Waals surface area (Å²) in [7, 11) is 6.03. The first-order valence-electron chi connectivity index (χ1n) is 8.84. The first-order chi connectivity index (χ1) is 11.1. The van der Waals surface area contributed by atoms with Gasteiger partial charge in [0, 0.05) is 46.1 Å². The van der Waals surface area contributed by atoms with E-state index in [1.807, 2.05) is 7.05 Å². The van der Waals surface area contributed by atoms with Crippen molar-refractivity contribution >= 4 is 29.9 Å². The number of aliphatic imine (C=N–C) groups is 1. The Bertz CT molecular complexity index is 499. The Hall–Kier alpha value is -0.760. The van der Waals surface area contributed by atoms with Crippen molar-refractivity contribution in [3.05, 3.63) is 24.0 Å². The van der Waals surface area contributed by atoms with Crippen LogP contribution in [0.4, 0.5) is 0 Å². The predicted octanol–water partition coefficient (Wildman–Crippen LogP) is 2.77. The van der Waals surface area contributed by atoms with E-state index in [1.165, 1.54) is 44.6 Å². The molecule has 2 heterocycles. The number of piperidine rings is 1. The van der Waals surface area contributed by atoms with Gasteiger partial charge in [0.1, 0.15) is 0 Å². The molecular formula is C18H34IN5. The summed E-state index contributed by atoms with van der Waals surface area (Å²) in [4.78, 5) is 9.19. The van der Waals surface area contributed by atoms with Crippen molar-refractivity contribution in [1.29, 1.82) is 0 Å². The van der Waals surface area contributed by atoms with Gasteiger partial charge in [0.25, 0.3) is 0 Å². The van der Waals surface area contributed by atoms with E-state index in [1.54, 1.807) is 0 Å². The Labute approximate surface area is 164 Å². The van der Waals surface area contributed by atoms with Gasteiger partial charge in [-0.05, 0) is 50.4 Å². The van der Waals surface area contributed by atoms with Gasteiger partial charge in [-0.1, -0.05) is 6.92 Å². The maximum atomic E-state index is 4.40. The van der Waals surface area contributed by atoms with Gasteiger partial charge in [0.2, 0.25) is 0 Å². The topological polar surface area (TPSA) is 35.8 Å². The van der Waals surface area contributed by atoms with Gasteiger partial charge in [0.05, 0.1) is 6.54 Å². The first kappa shape index (κ1) is 21.3. The molecule has 1 aromatic heterocycles. The van der Waals surface area contributed by atoms with Crippen molar-refractivity contribution in [3.63, 3.8) is 0 Å². The number of aryl methyl sites for hydroxylation is 1. The Morgan fingerprint density at radius 1 is 1.46 bits per heavy atom. The maximum absolute atomic E-state index is 4.40. The highest BCUT2D eigenvalue weighted by Gasteiger charge is 2.15. The summed E-state index contributed by atoms with van der Waals surface area (Å²) in [5, 5.41) is 3.49. The van der Waals surface area contributed by atoms with Crippen LogP contribution < -0.4 is 5.32 Å². The van der Waals surface area contributed by atoms with Gasteiger partial charge in [0.15, 0.2) is 5.96 Å². The molecule has 1 atom stereocenters. The van der Waals surface area contributed by atoms with Crippen LogP contribution >= 0.6 is 24.0 Å². The van der Waals surface area contributed by atoms with Crippen LogP contribution in [0.3, 0.4) is 0 Å². The Morgan fingerprint density at radius 2 is 2.25 bits per heavy atom.